The van der Waals surface area contributed by atoms with Gasteiger partial charge in [-0.3, -0.25) is 9.69 Å². The highest BCUT2D eigenvalue weighted by molar-refractivity contribution is 6.30. The topological polar surface area (TPSA) is 64.4 Å². The fourth-order valence-corrected chi connectivity index (χ4v) is 5.63. The number of fused-ring (bicyclic) bond motifs is 1. The number of amides is 3. The van der Waals surface area contributed by atoms with Crippen LogP contribution in [0.1, 0.15) is 44.2 Å². The molecular formula is C25H25Cl2N3O2. The zero-order valence-corrected chi connectivity index (χ0v) is 20.0. The molecule has 166 valence electrons. The number of halogens is 2. The van der Waals surface area contributed by atoms with E-state index in [1.165, 1.54) is 11.9 Å². The van der Waals surface area contributed by atoms with E-state index >= 15 is 0 Å². The molecule has 0 spiro atoms. The maximum atomic E-state index is 13.4. The molecule has 0 radical (unpaired) electrons. The SMILES string of the molecule is CN1C(=O)[C@H]2[C@H](c3cccc(Cl)c3)[C@@](C#N)(c3ccc(Cl)cc3)[C@H](CC(C)(C)C)N2C1=O. The summed E-state index contributed by atoms with van der Waals surface area (Å²) in [5.74, 6) is -0.883. The Balaban J connectivity index is 2.05. The summed E-state index contributed by atoms with van der Waals surface area (Å²) in [5.41, 5.74) is 0.148. The van der Waals surface area contributed by atoms with E-state index < -0.39 is 23.4 Å². The number of rotatable bonds is 3. The molecule has 5 nitrogen and oxygen atoms in total. The molecule has 4 rings (SSSR count). The van der Waals surface area contributed by atoms with Gasteiger partial charge in [-0.25, -0.2) is 4.79 Å². The van der Waals surface area contributed by atoms with Gasteiger partial charge in [0, 0.05) is 23.0 Å². The predicted octanol–water partition coefficient (Wildman–Crippen LogP) is 5.62. The van der Waals surface area contributed by atoms with Crippen LogP contribution in [0, 0.1) is 16.7 Å². The Bertz CT molecular complexity index is 1120. The summed E-state index contributed by atoms with van der Waals surface area (Å²) in [5, 5.41) is 11.9. The van der Waals surface area contributed by atoms with Crippen molar-refractivity contribution in [3.8, 4) is 6.07 Å². The van der Waals surface area contributed by atoms with Crippen molar-refractivity contribution < 1.29 is 9.59 Å². The van der Waals surface area contributed by atoms with E-state index in [9.17, 15) is 14.9 Å². The van der Waals surface area contributed by atoms with Crippen molar-refractivity contribution in [1.82, 2.24) is 9.80 Å². The minimum Gasteiger partial charge on any atom is -0.307 e. The minimum atomic E-state index is -1.15. The third-order valence-corrected chi connectivity index (χ3v) is 7.07. The monoisotopic (exact) mass is 469 g/mol. The van der Waals surface area contributed by atoms with Crippen LogP contribution in [0.15, 0.2) is 48.5 Å². The first-order chi connectivity index (χ1) is 15.0. The van der Waals surface area contributed by atoms with Crippen LogP contribution in [-0.4, -0.2) is 40.9 Å². The summed E-state index contributed by atoms with van der Waals surface area (Å²) >= 11 is 12.5. The fraction of sp³-hybridized carbons (Fsp3) is 0.400. The normalized spacial score (nSPS) is 27.6. The Morgan fingerprint density at radius 2 is 1.72 bits per heavy atom. The molecule has 32 heavy (non-hydrogen) atoms. The number of urea groups is 1. The molecule has 2 aromatic rings. The maximum absolute atomic E-state index is 13.4. The molecule has 4 atom stereocenters. The molecule has 2 saturated heterocycles. The van der Waals surface area contributed by atoms with Crippen LogP contribution in [-0.2, 0) is 10.2 Å². The molecule has 2 fully saturated rings. The summed E-state index contributed by atoms with van der Waals surface area (Å²) in [6.07, 6.45) is 0.545. The zero-order valence-electron chi connectivity index (χ0n) is 18.5. The second kappa shape index (κ2) is 7.79. The molecule has 0 N–H and O–H groups in total. The van der Waals surface area contributed by atoms with Crippen LogP contribution in [0.5, 0.6) is 0 Å². The lowest BCUT2D eigenvalue weighted by molar-refractivity contribution is -0.127. The molecule has 2 aliphatic heterocycles. The highest BCUT2D eigenvalue weighted by Gasteiger charge is 2.68. The van der Waals surface area contributed by atoms with Gasteiger partial charge in [0.2, 0.25) is 0 Å². The van der Waals surface area contributed by atoms with E-state index in [1.807, 2.05) is 24.3 Å². The third-order valence-electron chi connectivity index (χ3n) is 6.58. The third kappa shape index (κ3) is 3.37. The lowest BCUT2D eigenvalue weighted by atomic mass is 9.63. The van der Waals surface area contributed by atoms with E-state index in [0.717, 1.165) is 11.1 Å². The maximum Gasteiger partial charge on any atom is 0.327 e. The first-order valence-corrected chi connectivity index (χ1v) is 11.3. The Morgan fingerprint density at radius 1 is 1.06 bits per heavy atom. The Hall–Kier alpha value is -2.55. The quantitative estimate of drug-likeness (QED) is 0.547. The predicted molar refractivity (Wildman–Crippen MR) is 125 cm³/mol. The Morgan fingerprint density at radius 3 is 2.28 bits per heavy atom. The van der Waals surface area contributed by atoms with Gasteiger partial charge in [0.05, 0.1) is 12.1 Å². The fourth-order valence-electron chi connectivity index (χ4n) is 5.30. The molecule has 0 aromatic heterocycles. The first kappa shape index (κ1) is 22.6. The van der Waals surface area contributed by atoms with Gasteiger partial charge in [-0.15, -0.1) is 0 Å². The minimum absolute atomic E-state index is 0.197. The summed E-state index contributed by atoms with van der Waals surface area (Å²) in [4.78, 5) is 29.5. The van der Waals surface area contributed by atoms with E-state index in [4.69, 9.17) is 23.2 Å². The number of carbonyl (C=O) groups is 2. The van der Waals surface area contributed by atoms with Crippen LogP contribution >= 0.6 is 23.2 Å². The van der Waals surface area contributed by atoms with Crippen LogP contribution in [0.4, 0.5) is 4.79 Å². The van der Waals surface area contributed by atoms with E-state index in [2.05, 4.69) is 26.8 Å². The van der Waals surface area contributed by atoms with Crippen LogP contribution in [0.25, 0.3) is 0 Å². The van der Waals surface area contributed by atoms with Crippen molar-refractivity contribution in [2.45, 2.75) is 50.6 Å². The molecule has 0 unspecified atom stereocenters. The van der Waals surface area contributed by atoms with E-state index in [-0.39, 0.29) is 17.4 Å². The molecular weight excluding hydrogens is 445 g/mol. The number of benzene rings is 2. The zero-order chi connectivity index (χ0) is 23.4. The van der Waals surface area contributed by atoms with Crippen molar-refractivity contribution in [3.63, 3.8) is 0 Å². The summed E-state index contributed by atoms with van der Waals surface area (Å²) < 4.78 is 0. The second-order valence-electron chi connectivity index (χ2n) is 9.83. The smallest absolute Gasteiger partial charge is 0.307 e. The van der Waals surface area contributed by atoms with Gasteiger partial charge in [0.1, 0.15) is 11.5 Å². The van der Waals surface area contributed by atoms with Gasteiger partial charge < -0.3 is 4.90 Å². The van der Waals surface area contributed by atoms with Crippen LogP contribution in [0.3, 0.4) is 0 Å². The highest BCUT2D eigenvalue weighted by Crippen LogP contribution is 2.57. The lowest BCUT2D eigenvalue weighted by Crippen LogP contribution is -2.48. The number of nitrogens with zero attached hydrogens (tertiary/aromatic N) is 3. The number of hydrogen-bond donors (Lipinski definition) is 0. The van der Waals surface area contributed by atoms with Crippen LogP contribution < -0.4 is 0 Å². The number of likely N-dealkylation sites (N-methyl/N-ethyl adjacent to an activating group) is 1. The summed E-state index contributed by atoms with van der Waals surface area (Å²) in [7, 11) is 1.50. The molecule has 2 aromatic carbocycles. The molecule has 2 aliphatic rings. The van der Waals surface area contributed by atoms with Gasteiger partial charge >= 0.3 is 6.03 Å². The molecule has 7 heteroatoms. The average Bonchev–Trinajstić information content (AvgIpc) is 3.13. The number of carbonyl (C=O) groups excluding carboxylic acids is 2. The molecule has 0 aliphatic carbocycles. The van der Waals surface area contributed by atoms with Crippen molar-refractivity contribution in [1.29, 1.82) is 5.26 Å². The molecule has 0 bridgehead atoms. The van der Waals surface area contributed by atoms with Gasteiger partial charge in [-0.2, -0.15) is 5.26 Å². The van der Waals surface area contributed by atoms with Gasteiger partial charge in [0.25, 0.3) is 5.91 Å². The molecule has 3 amide bonds. The van der Waals surface area contributed by atoms with E-state index in [0.29, 0.717) is 16.5 Å². The molecule has 2 heterocycles. The summed E-state index contributed by atoms with van der Waals surface area (Å²) in [6.45, 7) is 6.22. The Kier molecular flexibility index (Phi) is 5.51. The summed E-state index contributed by atoms with van der Waals surface area (Å²) in [6, 6.07) is 15.3. The lowest BCUT2D eigenvalue weighted by Gasteiger charge is -2.39. The van der Waals surface area contributed by atoms with Crippen molar-refractivity contribution in [3.05, 3.63) is 69.7 Å². The van der Waals surface area contributed by atoms with Crippen molar-refractivity contribution in [2.75, 3.05) is 7.05 Å². The van der Waals surface area contributed by atoms with Crippen LogP contribution in [0.2, 0.25) is 10.0 Å². The molecule has 0 saturated carbocycles. The van der Waals surface area contributed by atoms with Gasteiger partial charge in [-0.05, 0) is 47.2 Å². The van der Waals surface area contributed by atoms with Gasteiger partial charge in [-0.1, -0.05) is 68.2 Å². The second-order valence-corrected chi connectivity index (χ2v) is 10.7. The van der Waals surface area contributed by atoms with Crippen molar-refractivity contribution >= 4 is 35.1 Å². The number of imide groups is 1. The largest absolute Gasteiger partial charge is 0.327 e. The Labute approximate surface area is 198 Å². The number of hydrogen-bond acceptors (Lipinski definition) is 3. The van der Waals surface area contributed by atoms with E-state index in [1.54, 1.807) is 29.2 Å². The first-order valence-electron chi connectivity index (χ1n) is 10.5. The van der Waals surface area contributed by atoms with Gasteiger partial charge in [0.15, 0.2) is 0 Å². The number of nitriles is 1. The van der Waals surface area contributed by atoms with Crippen molar-refractivity contribution in [2.24, 2.45) is 5.41 Å². The highest BCUT2D eigenvalue weighted by atomic mass is 35.5. The average molecular weight is 470 g/mol. The standard InChI is InChI=1S/C25H25Cl2N3O2/c1-24(2,3)13-19-25(14-28,16-8-10-17(26)11-9-16)20(15-6-5-7-18(27)12-15)21-22(31)29(4)23(32)30(19)21/h5-12,19-21H,13H2,1-4H3/t19-,20-,21+,25-/m0/s1.